The molecule has 0 aliphatic rings. The van der Waals surface area contributed by atoms with Gasteiger partial charge in [0.25, 0.3) is 0 Å². The molecule has 6 heteroatoms. The van der Waals surface area contributed by atoms with E-state index >= 15 is 0 Å². The topological polar surface area (TPSA) is 98.2 Å². The van der Waals surface area contributed by atoms with Crippen LogP contribution in [0.25, 0.3) is 0 Å². The molecule has 1 atom stereocenters. The summed E-state index contributed by atoms with van der Waals surface area (Å²) in [5.74, 6) is -1.71. The predicted octanol–water partition coefficient (Wildman–Crippen LogP) is 0.990. The first kappa shape index (κ1) is 14.1. The molecule has 0 aromatic heterocycles. The van der Waals surface area contributed by atoms with Crippen molar-refractivity contribution in [2.45, 2.75) is 25.8 Å². The van der Waals surface area contributed by atoms with E-state index in [0.717, 1.165) is 6.07 Å². The summed E-state index contributed by atoms with van der Waals surface area (Å²) in [6, 6.07) is 3.26. The number of anilines is 1. The van der Waals surface area contributed by atoms with Crippen molar-refractivity contribution < 1.29 is 14.0 Å². The maximum Gasteiger partial charge on any atom is 0.248 e. The van der Waals surface area contributed by atoms with E-state index in [9.17, 15) is 14.0 Å². The Morgan fingerprint density at radius 3 is 2.67 bits per heavy atom. The number of amides is 2. The molecular weight excluding hydrogens is 237 g/mol. The lowest BCUT2D eigenvalue weighted by Crippen LogP contribution is -2.26. The van der Waals surface area contributed by atoms with E-state index in [0.29, 0.717) is 6.42 Å². The predicted molar refractivity (Wildman–Crippen MR) is 66.4 cm³/mol. The fourth-order valence-corrected chi connectivity index (χ4v) is 1.36. The van der Waals surface area contributed by atoms with Crippen LogP contribution in [0.1, 0.15) is 30.1 Å². The minimum absolute atomic E-state index is 0.0698. The largest absolute Gasteiger partial charge is 0.366 e. The molecule has 5 nitrogen and oxygen atoms in total. The molecule has 5 N–H and O–H groups in total. The van der Waals surface area contributed by atoms with Gasteiger partial charge in [0.15, 0.2) is 0 Å². The van der Waals surface area contributed by atoms with Gasteiger partial charge in [0.05, 0.1) is 5.69 Å². The van der Waals surface area contributed by atoms with Gasteiger partial charge in [0, 0.05) is 18.0 Å². The third kappa shape index (κ3) is 3.81. The summed E-state index contributed by atoms with van der Waals surface area (Å²) in [5.41, 5.74) is 10.7. The van der Waals surface area contributed by atoms with E-state index < -0.39 is 17.6 Å². The van der Waals surface area contributed by atoms with Gasteiger partial charge in [-0.2, -0.15) is 0 Å². The van der Waals surface area contributed by atoms with E-state index in [-0.39, 0.29) is 23.7 Å². The molecule has 18 heavy (non-hydrogen) atoms. The minimum atomic E-state index is -0.684. The van der Waals surface area contributed by atoms with Crippen molar-refractivity contribution in [1.82, 2.24) is 0 Å². The quantitative estimate of drug-likeness (QED) is 0.729. The lowest BCUT2D eigenvalue weighted by molar-refractivity contribution is -0.116. The van der Waals surface area contributed by atoms with E-state index in [2.05, 4.69) is 5.32 Å². The number of halogens is 1. The Morgan fingerprint density at radius 2 is 2.11 bits per heavy atom. The molecule has 2 amide bonds. The Kier molecular flexibility index (Phi) is 4.79. The first-order valence-electron chi connectivity index (χ1n) is 5.58. The number of hydrogen-bond donors (Lipinski definition) is 3. The maximum absolute atomic E-state index is 13.4. The summed E-state index contributed by atoms with van der Waals surface area (Å²) in [6.45, 7) is 1.85. The lowest BCUT2D eigenvalue weighted by Gasteiger charge is -2.10. The molecule has 1 aromatic rings. The zero-order valence-electron chi connectivity index (χ0n) is 10.1. The first-order valence-corrected chi connectivity index (χ1v) is 5.58. The molecule has 0 saturated carbocycles. The van der Waals surface area contributed by atoms with Crippen molar-refractivity contribution in [3.05, 3.63) is 29.6 Å². The number of hydrogen-bond acceptors (Lipinski definition) is 3. The van der Waals surface area contributed by atoms with Gasteiger partial charge in [-0.25, -0.2) is 4.39 Å². The van der Waals surface area contributed by atoms with Gasteiger partial charge in [0.2, 0.25) is 11.8 Å². The second-order valence-corrected chi connectivity index (χ2v) is 3.98. The highest BCUT2D eigenvalue weighted by Crippen LogP contribution is 2.16. The Balaban J connectivity index is 2.80. The average Bonchev–Trinajstić information content (AvgIpc) is 2.31. The van der Waals surface area contributed by atoms with Crippen LogP contribution in [-0.2, 0) is 4.79 Å². The normalized spacial score (nSPS) is 11.9. The first-order chi connectivity index (χ1) is 8.43. The van der Waals surface area contributed by atoms with Gasteiger partial charge >= 0.3 is 0 Å². The van der Waals surface area contributed by atoms with Crippen molar-refractivity contribution >= 4 is 17.5 Å². The van der Waals surface area contributed by atoms with Crippen molar-refractivity contribution in [1.29, 1.82) is 0 Å². The van der Waals surface area contributed by atoms with Crippen molar-refractivity contribution in [2.24, 2.45) is 11.5 Å². The molecule has 1 aromatic carbocycles. The zero-order valence-corrected chi connectivity index (χ0v) is 10.1. The van der Waals surface area contributed by atoms with Crippen LogP contribution in [0.2, 0.25) is 0 Å². The summed E-state index contributed by atoms with van der Waals surface area (Å²) in [6.07, 6.45) is 0.744. The van der Waals surface area contributed by atoms with Crippen molar-refractivity contribution in [2.75, 3.05) is 5.32 Å². The number of nitrogens with two attached hydrogens (primary N) is 2. The number of primary amides is 1. The highest BCUT2D eigenvalue weighted by Gasteiger charge is 2.12. The van der Waals surface area contributed by atoms with Crippen molar-refractivity contribution in [3.8, 4) is 0 Å². The van der Waals surface area contributed by atoms with Crippen LogP contribution in [0.5, 0.6) is 0 Å². The summed E-state index contributed by atoms with van der Waals surface area (Å²) in [5, 5.41) is 2.37. The second-order valence-electron chi connectivity index (χ2n) is 3.98. The fourth-order valence-electron chi connectivity index (χ4n) is 1.36. The molecule has 1 rings (SSSR count). The smallest absolute Gasteiger partial charge is 0.248 e. The molecule has 1 unspecified atom stereocenters. The van der Waals surface area contributed by atoms with Gasteiger partial charge in [-0.05, 0) is 24.6 Å². The summed E-state index contributed by atoms with van der Waals surface area (Å²) < 4.78 is 13.4. The summed E-state index contributed by atoms with van der Waals surface area (Å²) in [7, 11) is 0. The molecule has 98 valence electrons. The maximum atomic E-state index is 13.4. The number of carbonyl (C=O) groups excluding carboxylic acids is 2. The Morgan fingerprint density at radius 1 is 1.44 bits per heavy atom. The van der Waals surface area contributed by atoms with Crippen LogP contribution >= 0.6 is 0 Å². The monoisotopic (exact) mass is 253 g/mol. The average molecular weight is 253 g/mol. The highest BCUT2D eigenvalue weighted by molar-refractivity contribution is 5.96. The standard InChI is InChI=1S/C12H16FN3O2/c1-2-8(14)6-11(17)16-10-5-7(12(15)18)3-4-9(10)13/h3-5,8H,2,6,14H2,1H3,(H2,15,18)(H,16,17). The number of nitrogens with one attached hydrogen (secondary N) is 1. The van der Waals surface area contributed by atoms with Crippen molar-refractivity contribution in [3.63, 3.8) is 0 Å². The summed E-state index contributed by atoms with van der Waals surface area (Å²) in [4.78, 5) is 22.5. The fraction of sp³-hybridized carbons (Fsp3) is 0.333. The van der Waals surface area contributed by atoms with Gasteiger partial charge in [-0.1, -0.05) is 6.92 Å². The van der Waals surface area contributed by atoms with E-state index in [4.69, 9.17) is 11.5 Å². The number of carbonyl (C=O) groups is 2. The minimum Gasteiger partial charge on any atom is -0.366 e. The molecule has 0 radical (unpaired) electrons. The van der Waals surface area contributed by atoms with Gasteiger partial charge in [-0.15, -0.1) is 0 Å². The third-order valence-electron chi connectivity index (χ3n) is 2.50. The van der Waals surface area contributed by atoms with Gasteiger partial charge in [-0.3, -0.25) is 9.59 Å². The number of benzene rings is 1. The Hall–Kier alpha value is -1.95. The van der Waals surface area contributed by atoms with Crippen LogP contribution in [0.3, 0.4) is 0 Å². The van der Waals surface area contributed by atoms with Crippen LogP contribution < -0.4 is 16.8 Å². The molecule has 0 heterocycles. The third-order valence-corrected chi connectivity index (χ3v) is 2.50. The summed E-state index contributed by atoms with van der Waals surface area (Å²) >= 11 is 0. The Labute approximate surface area is 104 Å². The molecule has 0 aliphatic heterocycles. The van der Waals surface area contributed by atoms with Crippen LogP contribution in [-0.4, -0.2) is 17.9 Å². The Bertz CT molecular complexity index is 463. The highest BCUT2D eigenvalue weighted by atomic mass is 19.1. The van der Waals surface area contributed by atoms with E-state index in [1.807, 2.05) is 6.92 Å². The molecule has 0 bridgehead atoms. The number of rotatable bonds is 5. The molecular formula is C12H16FN3O2. The van der Waals surface area contributed by atoms with Gasteiger partial charge < -0.3 is 16.8 Å². The molecule has 0 saturated heterocycles. The molecule has 0 spiro atoms. The molecule has 0 aliphatic carbocycles. The second kappa shape index (κ2) is 6.11. The SMILES string of the molecule is CCC(N)CC(=O)Nc1cc(C(N)=O)ccc1F. The van der Waals surface area contributed by atoms with Crippen LogP contribution in [0.4, 0.5) is 10.1 Å². The lowest BCUT2D eigenvalue weighted by atomic mass is 10.1. The molecule has 0 fully saturated rings. The van der Waals surface area contributed by atoms with Gasteiger partial charge in [0.1, 0.15) is 5.82 Å². The zero-order chi connectivity index (χ0) is 13.7. The van der Waals surface area contributed by atoms with E-state index in [1.54, 1.807) is 0 Å². The van der Waals surface area contributed by atoms with E-state index in [1.165, 1.54) is 12.1 Å². The van der Waals surface area contributed by atoms with Crippen LogP contribution in [0, 0.1) is 5.82 Å². The van der Waals surface area contributed by atoms with Crippen LogP contribution in [0.15, 0.2) is 18.2 Å².